The molecule has 0 bridgehead atoms. The van der Waals surface area contributed by atoms with Crippen LogP contribution in [0.4, 0.5) is 5.69 Å². The number of hydrogen-bond acceptors (Lipinski definition) is 4. The summed E-state index contributed by atoms with van der Waals surface area (Å²) in [6.45, 7) is 0. The van der Waals surface area contributed by atoms with Crippen molar-refractivity contribution in [1.29, 1.82) is 0 Å². The third-order valence-electron chi connectivity index (χ3n) is 2.53. The second-order valence-corrected chi connectivity index (χ2v) is 4.69. The molecule has 2 heterocycles. The topological polar surface area (TPSA) is 58.2 Å². The molecular weight excluding hydrogens is 224 g/mol. The van der Waals surface area contributed by atoms with Crippen LogP contribution >= 0.6 is 11.8 Å². The van der Waals surface area contributed by atoms with Gasteiger partial charge in [-0.2, -0.15) is 0 Å². The minimum absolute atomic E-state index is 0.267. The normalized spacial score (nSPS) is 22.5. The van der Waals surface area contributed by atoms with Gasteiger partial charge in [0.2, 0.25) is 0 Å². The number of benzene rings is 1. The van der Waals surface area contributed by atoms with Crippen LogP contribution in [-0.2, 0) is 9.59 Å². The molecule has 1 atom stereocenters. The van der Waals surface area contributed by atoms with Crippen molar-refractivity contribution in [1.82, 2.24) is 5.32 Å². The van der Waals surface area contributed by atoms with Gasteiger partial charge in [0, 0.05) is 11.1 Å². The quantitative estimate of drug-likeness (QED) is 0.658. The monoisotopic (exact) mass is 232 g/mol. The molecule has 2 N–H and O–H groups in total. The van der Waals surface area contributed by atoms with Gasteiger partial charge >= 0.3 is 0 Å². The molecule has 0 radical (unpaired) electrons. The van der Waals surface area contributed by atoms with E-state index < -0.39 is 11.7 Å². The first kappa shape index (κ1) is 9.47. The van der Waals surface area contributed by atoms with Crippen molar-refractivity contribution in [2.45, 2.75) is 10.3 Å². The van der Waals surface area contributed by atoms with E-state index in [-0.39, 0.29) is 5.37 Å². The second-order valence-electron chi connectivity index (χ2n) is 3.54. The predicted octanol–water partition coefficient (Wildman–Crippen LogP) is 1.11. The number of carbonyl (C=O) groups excluding carboxylic acids is 2. The second kappa shape index (κ2) is 3.38. The fraction of sp³-hybridized carbons (Fsp3) is 0.0909. The number of anilines is 1. The number of ketones is 1. The molecule has 2 aliphatic rings. The summed E-state index contributed by atoms with van der Waals surface area (Å²) in [6.07, 6.45) is 1.61. The molecule has 2 aliphatic heterocycles. The average molecular weight is 232 g/mol. The van der Waals surface area contributed by atoms with Gasteiger partial charge in [-0.25, -0.2) is 0 Å². The van der Waals surface area contributed by atoms with Crippen LogP contribution in [-0.4, -0.2) is 17.1 Å². The molecule has 1 fully saturated rings. The molecule has 1 saturated heterocycles. The molecule has 0 saturated carbocycles. The number of carbonyl (C=O) groups is 2. The summed E-state index contributed by atoms with van der Waals surface area (Å²) in [4.78, 5) is 23.8. The van der Waals surface area contributed by atoms with Gasteiger partial charge in [-0.15, -0.1) is 0 Å². The SMILES string of the molecule is O=C1NC2Sc3ccccc3NC=C2C1=O. The maximum Gasteiger partial charge on any atom is 0.293 e. The summed E-state index contributed by atoms with van der Waals surface area (Å²) in [6, 6.07) is 7.75. The van der Waals surface area contributed by atoms with E-state index in [9.17, 15) is 9.59 Å². The van der Waals surface area contributed by atoms with Crippen molar-refractivity contribution < 1.29 is 9.59 Å². The van der Waals surface area contributed by atoms with E-state index in [2.05, 4.69) is 10.6 Å². The molecule has 0 spiro atoms. The van der Waals surface area contributed by atoms with Crippen LogP contribution in [0.2, 0.25) is 0 Å². The van der Waals surface area contributed by atoms with Crippen LogP contribution in [0.3, 0.4) is 0 Å². The lowest BCUT2D eigenvalue weighted by atomic mass is 10.2. The number of Topliss-reactive ketones (excluding diaryl/α,β-unsaturated/α-hetero) is 1. The van der Waals surface area contributed by atoms with Gasteiger partial charge in [-0.1, -0.05) is 23.9 Å². The zero-order valence-electron chi connectivity index (χ0n) is 8.19. The van der Waals surface area contributed by atoms with Crippen LogP contribution in [0, 0.1) is 0 Å². The Morgan fingerprint density at radius 1 is 1.19 bits per heavy atom. The van der Waals surface area contributed by atoms with Crippen LogP contribution in [0.1, 0.15) is 0 Å². The van der Waals surface area contributed by atoms with Gasteiger partial charge in [-0.3, -0.25) is 9.59 Å². The Hall–Kier alpha value is -1.75. The maximum absolute atomic E-state index is 11.5. The first-order valence-corrected chi connectivity index (χ1v) is 5.71. The summed E-state index contributed by atoms with van der Waals surface area (Å²) in [5.74, 6) is -0.970. The Labute approximate surface area is 96.1 Å². The fourth-order valence-electron chi connectivity index (χ4n) is 1.72. The average Bonchev–Trinajstić information content (AvgIpc) is 2.49. The largest absolute Gasteiger partial charge is 0.360 e. The van der Waals surface area contributed by atoms with E-state index in [1.54, 1.807) is 6.20 Å². The molecular formula is C11H8N2O2S. The molecule has 1 amide bonds. The van der Waals surface area contributed by atoms with E-state index in [1.165, 1.54) is 11.8 Å². The van der Waals surface area contributed by atoms with Gasteiger partial charge in [-0.05, 0) is 12.1 Å². The highest BCUT2D eigenvalue weighted by Gasteiger charge is 2.37. The minimum Gasteiger partial charge on any atom is -0.360 e. The Kier molecular flexibility index (Phi) is 2.00. The first-order valence-electron chi connectivity index (χ1n) is 4.83. The zero-order valence-corrected chi connectivity index (χ0v) is 9.01. The molecule has 80 valence electrons. The third-order valence-corrected chi connectivity index (χ3v) is 3.75. The molecule has 1 unspecified atom stereocenters. The number of fused-ring (bicyclic) bond motifs is 2. The first-order chi connectivity index (χ1) is 7.75. The number of amides is 1. The lowest BCUT2D eigenvalue weighted by Gasteiger charge is -2.09. The highest BCUT2D eigenvalue weighted by Crippen LogP contribution is 2.37. The zero-order chi connectivity index (χ0) is 11.1. The Morgan fingerprint density at radius 3 is 2.88 bits per heavy atom. The summed E-state index contributed by atoms with van der Waals surface area (Å²) < 4.78 is 0. The van der Waals surface area contributed by atoms with Crippen LogP contribution in [0.15, 0.2) is 40.9 Å². The van der Waals surface area contributed by atoms with Gasteiger partial charge in [0.1, 0.15) is 5.37 Å². The van der Waals surface area contributed by atoms with Gasteiger partial charge < -0.3 is 10.6 Å². The van der Waals surface area contributed by atoms with Gasteiger partial charge in [0.25, 0.3) is 11.7 Å². The van der Waals surface area contributed by atoms with Crippen molar-refractivity contribution >= 4 is 29.1 Å². The number of rotatable bonds is 0. The van der Waals surface area contributed by atoms with E-state index >= 15 is 0 Å². The van der Waals surface area contributed by atoms with Crippen molar-refractivity contribution in [2.75, 3.05) is 5.32 Å². The molecule has 4 nitrogen and oxygen atoms in total. The van der Waals surface area contributed by atoms with Crippen molar-refractivity contribution in [3.63, 3.8) is 0 Å². The maximum atomic E-state index is 11.5. The minimum atomic E-state index is -0.523. The fourth-order valence-corrected chi connectivity index (χ4v) is 2.85. The Morgan fingerprint density at radius 2 is 2.00 bits per heavy atom. The van der Waals surface area contributed by atoms with Crippen LogP contribution in [0.25, 0.3) is 0 Å². The van der Waals surface area contributed by atoms with Crippen molar-refractivity contribution in [2.24, 2.45) is 0 Å². The lowest BCUT2D eigenvalue weighted by Crippen LogP contribution is -2.23. The number of thioether (sulfide) groups is 1. The van der Waals surface area contributed by atoms with Crippen LogP contribution in [0.5, 0.6) is 0 Å². The van der Waals surface area contributed by atoms with E-state index in [4.69, 9.17) is 0 Å². The number of para-hydroxylation sites is 1. The van der Waals surface area contributed by atoms with E-state index in [1.807, 2.05) is 24.3 Å². The predicted molar refractivity (Wildman–Crippen MR) is 60.9 cm³/mol. The number of nitrogens with one attached hydrogen (secondary N) is 2. The van der Waals surface area contributed by atoms with E-state index in [0.717, 1.165) is 10.6 Å². The standard InChI is InChI=1S/C11H8N2O2S/c14-9-6-5-12-7-3-1-2-4-8(7)16-11(6)13-10(9)15/h1-5,11-12H,(H,13,15). The highest BCUT2D eigenvalue weighted by atomic mass is 32.2. The molecule has 1 aromatic carbocycles. The molecule has 5 heteroatoms. The van der Waals surface area contributed by atoms with E-state index in [0.29, 0.717) is 5.57 Å². The molecule has 3 rings (SSSR count). The summed E-state index contributed by atoms with van der Waals surface area (Å²) >= 11 is 1.47. The Bertz CT molecular complexity index is 524. The van der Waals surface area contributed by atoms with Gasteiger partial charge in [0.15, 0.2) is 0 Å². The molecule has 1 aromatic rings. The Balaban J connectivity index is 2.04. The number of hydrogen-bond donors (Lipinski definition) is 2. The molecule has 0 aliphatic carbocycles. The van der Waals surface area contributed by atoms with Crippen molar-refractivity contribution in [3.8, 4) is 0 Å². The summed E-state index contributed by atoms with van der Waals surface area (Å²) in [5, 5.41) is 5.44. The smallest absolute Gasteiger partial charge is 0.293 e. The van der Waals surface area contributed by atoms with Gasteiger partial charge in [0.05, 0.1) is 11.3 Å². The summed E-state index contributed by atoms with van der Waals surface area (Å²) in [7, 11) is 0. The van der Waals surface area contributed by atoms with Crippen molar-refractivity contribution in [3.05, 3.63) is 36.0 Å². The lowest BCUT2D eigenvalue weighted by molar-refractivity contribution is -0.133. The van der Waals surface area contributed by atoms with Crippen LogP contribution < -0.4 is 10.6 Å². The highest BCUT2D eigenvalue weighted by molar-refractivity contribution is 8.00. The molecule has 0 aromatic heterocycles. The molecule has 16 heavy (non-hydrogen) atoms. The third kappa shape index (κ3) is 1.32. The summed E-state index contributed by atoms with van der Waals surface area (Å²) in [5.41, 5.74) is 1.45.